The van der Waals surface area contributed by atoms with E-state index in [2.05, 4.69) is 21.5 Å². The molecule has 0 radical (unpaired) electrons. The number of carbonyl (C=O) groups is 3. The van der Waals surface area contributed by atoms with Gasteiger partial charge in [0, 0.05) is 13.5 Å². The molecule has 1 rings (SSSR count). The summed E-state index contributed by atoms with van der Waals surface area (Å²) in [6.07, 6.45) is 1.60. The van der Waals surface area contributed by atoms with E-state index in [1.807, 2.05) is 0 Å². The summed E-state index contributed by atoms with van der Waals surface area (Å²) in [6, 6.07) is -2.25. The molecule has 0 fully saturated rings. The van der Waals surface area contributed by atoms with Crippen molar-refractivity contribution in [1.82, 2.24) is 10.6 Å². The number of nitrogens with two attached hydrogens (primary N) is 2. The van der Waals surface area contributed by atoms with Gasteiger partial charge in [0.1, 0.15) is 25.4 Å². The lowest BCUT2D eigenvalue weighted by atomic mass is 9.92. The molecule has 0 aliphatic carbocycles. The van der Waals surface area contributed by atoms with Gasteiger partial charge in [0.25, 0.3) is 0 Å². The third-order valence-electron chi connectivity index (χ3n) is 5.35. The van der Waals surface area contributed by atoms with Gasteiger partial charge in [-0.3, -0.25) is 9.59 Å². The number of hydrogen-bond donors (Lipinski definition) is 7. The molecule has 1 heterocycles. The Morgan fingerprint density at radius 2 is 1.69 bits per heavy atom. The summed E-state index contributed by atoms with van der Waals surface area (Å²) in [5.41, 5.74) is 10.9. The fourth-order valence-corrected chi connectivity index (χ4v) is 3.60. The normalized spacial score (nSPS) is 19.4. The zero-order valence-corrected chi connectivity index (χ0v) is 23.4. The Labute approximate surface area is 243 Å². The van der Waals surface area contributed by atoms with Crippen molar-refractivity contribution in [3.05, 3.63) is 11.8 Å². The van der Waals surface area contributed by atoms with Gasteiger partial charge < -0.3 is 65.8 Å². The third kappa shape index (κ3) is 14.9. The van der Waals surface area contributed by atoms with Crippen LogP contribution in [0.4, 0.5) is 0 Å². The predicted octanol–water partition coefficient (Wildman–Crippen LogP) is -3.95. The molecule has 238 valence electrons. The Bertz CT molecular complexity index is 937. The zero-order valence-electron chi connectivity index (χ0n) is 23.4. The zero-order chi connectivity index (χ0) is 31.3. The summed E-state index contributed by atoms with van der Waals surface area (Å²) >= 11 is 0. The number of rotatable bonds is 22. The number of carboxylic acid groups (broad SMARTS) is 1. The van der Waals surface area contributed by atoms with Crippen molar-refractivity contribution < 1.29 is 58.1 Å². The van der Waals surface area contributed by atoms with Gasteiger partial charge in [0.05, 0.1) is 64.9 Å². The molecule has 0 saturated heterocycles. The van der Waals surface area contributed by atoms with Crippen LogP contribution in [0.5, 0.6) is 0 Å². The van der Waals surface area contributed by atoms with E-state index < -0.39 is 73.1 Å². The number of nitrogens with one attached hydrogen (secondary N) is 2. The molecular weight excluding hydrogens is 562 g/mol. The van der Waals surface area contributed by atoms with Crippen molar-refractivity contribution in [2.45, 2.75) is 37.3 Å². The highest BCUT2D eigenvalue weighted by atomic mass is 16.6. The molecule has 0 bridgehead atoms. The Morgan fingerprint density at radius 3 is 2.21 bits per heavy atom. The van der Waals surface area contributed by atoms with Crippen LogP contribution >= 0.6 is 0 Å². The number of hydrogen-bond acceptors (Lipinski definition) is 12. The van der Waals surface area contributed by atoms with Gasteiger partial charge in [-0.15, -0.1) is 6.42 Å². The van der Waals surface area contributed by atoms with Gasteiger partial charge in [-0.05, 0) is 6.08 Å². The van der Waals surface area contributed by atoms with E-state index >= 15 is 0 Å². The van der Waals surface area contributed by atoms with Gasteiger partial charge in [0.15, 0.2) is 12.1 Å². The highest BCUT2D eigenvalue weighted by Gasteiger charge is 2.45. The Morgan fingerprint density at radius 1 is 1.10 bits per heavy atom. The molecule has 1 aliphatic rings. The number of ether oxygens (including phenoxy) is 6. The van der Waals surface area contributed by atoms with E-state index in [1.165, 1.54) is 6.92 Å². The molecule has 0 aromatic heterocycles. The summed E-state index contributed by atoms with van der Waals surface area (Å²) in [5, 5.41) is 34.6. The summed E-state index contributed by atoms with van der Waals surface area (Å²) in [4.78, 5) is 39.8. The van der Waals surface area contributed by atoms with Crippen molar-refractivity contribution in [2.24, 2.45) is 16.5 Å². The first kappa shape index (κ1) is 36.5. The summed E-state index contributed by atoms with van der Waals surface area (Å²) < 4.78 is 32.1. The minimum absolute atomic E-state index is 0.128. The fourth-order valence-electron chi connectivity index (χ4n) is 3.60. The maximum atomic E-state index is 12.3. The first-order valence-corrected chi connectivity index (χ1v) is 13.0. The van der Waals surface area contributed by atoms with Crippen LogP contribution in [0, 0.1) is 12.3 Å². The van der Waals surface area contributed by atoms with Crippen molar-refractivity contribution in [3.8, 4) is 12.3 Å². The largest absolute Gasteiger partial charge is 0.478 e. The van der Waals surface area contributed by atoms with Crippen LogP contribution in [0.3, 0.4) is 0 Å². The number of terminal acetylenes is 1. The summed E-state index contributed by atoms with van der Waals surface area (Å²) in [7, 11) is 0. The number of aliphatic carboxylic acids is 1. The SMILES string of the molecule is C#CCOCCOCCOCCOCCNC(=O)CO[C@@H]([C@@H]1OC(C(=O)O)=C[C@H](N=C(N)N)[C@H]1NC(C)=O)[C@H](O)CO. The van der Waals surface area contributed by atoms with Crippen LogP contribution in [0.15, 0.2) is 16.8 Å². The van der Waals surface area contributed by atoms with Crippen LogP contribution in [0.25, 0.3) is 0 Å². The second-order valence-corrected chi connectivity index (χ2v) is 8.66. The van der Waals surface area contributed by atoms with Crippen LogP contribution < -0.4 is 22.1 Å². The van der Waals surface area contributed by atoms with Gasteiger partial charge in [-0.1, -0.05) is 5.92 Å². The lowest BCUT2D eigenvalue weighted by Gasteiger charge is -2.40. The average Bonchev–Trinajstić information content (AvgIpc) is 2.93. The van der Waals surface area contributed by atoms with E-state index in [0.29, 0.717) is 33.0 Å². The van der Waals surface area contributed by atoms with Gasteiger partial charge in [0.2, 0.25) is 17.6 Å². The predicted molar refractivity (Wildman–Crippen MR) is 146 cm³/mol. The molecule has 0 spiro atoms. The minimum atomic E-state index is -1.64. The Hall–Kier alpha value is -3.50. The average molecular weight is 604 g/mol. The molecule has 17 nitrogen and oxygen atoms in total. The molecule has 0 aromatic carbocycles. The standard InChI is InChI=1S/C25H41N5O12/c1-3-5-37-7-9-39-11-12-40-10-8-38-6-4-28-20(34)15-41-22(18(33)14-31)23-21(29-16(2)32)17(30-25(26)27)13-19(42-23)24(35)36/h1,13,17-18,21-23,31,33H,4-12,14-15H2,2H3,(H,28,34)(H,29,32)(H,35,36)(H4,26,27,30)/t17-,18+,21+,22+,23+/m0/s1. The molecule has 42 heavy (non-hydrogen) atoms. The van der Waals surface area contributed by atoms with E-state index in [9.17, 15) is 29.7 Å². The van der Waals surface area contributed by atoms with Gasteiger partial charge in [-0.2, -0.15) is 0 Å². The van der Waals surface area contributed by atoms with Crippen LogP contribution in [-0.4, -0.2) is 142 Å². The highest BCUT2D eigenvalue weighted by molar-refractivity contribution is 5.85. The van der Waals surface area contributed by atoms with E-state index in [0.717, 1.165) is 6.08 Å². The highest BCUT2D eigenvalue weighted by Crippen LogP contribution is 2.26. The minimum Gasteiger partial charge on any atom is -0.478 e. The quantitative estimate of drug-likeness (QED) is 0.0270. The molecule has 1 aliphatic heterocycles. The molecule has 9 N–H and O–H groups in total. The van der Waals surface area contributed by atoms with Crippen molar-refractivity contribution in [2.75, 3.05) is 72.6 Å². The maximum absolute atomic E-state index is 12.3. The van der Waals surface area contributed by atoms with Crippen molar-refractivity contribution in [1.29, 1.82) is 0 Å². The third-order valence-corrected chi connectivity index (χ3v) is 5.35. The van der Waals surface area contributed by atoms with Crippen LogP contribution in [0.1, 0.15) is 6.92 Å². The molecule has 0 saturated carbocycles. The lowest BCUT2D eigenvalue weighted by molar-refractivity contribution is -0.158. The summed E-state index contributed by atoms with van der Waals surface area (Å²) in [5.74, 6) is -1.27. The Balaban J connectivity index is 2.55. The number of carboxylic acids is 1. The summed E-state index contributed by atoms with van der Waals surface area (Å²) in [6.45, 7) is 2.47. The van der Waals surface area contributed by atoms with Crippen LogP contribution in [0.2, 0.25) is 0 Å². The molecule has 17 heteroatoms. The van der Waals surface area contributed by atoms with E-state index in [-0.39, 0.29) is 26.4 Å². The number of carbonyl (C=O) groups excluding carboxylic acids is 2. The number of nitrogens with zero attached hydrogens (tertiary/aromatic N) is 1. The monoisotopic (exact) mass is 603 g/mol. The lowest BCUT2D eigenvalue weighted by Crippen LogP contribution is -2.60. The number of guanidine groups is 1. The topological polar surface area (TPSA) is 256 Å². The number of aliphatic imine (C=N–C) groups is 1. The number of aliphatic hydroxyl groups excluding tert-OH is 2. The van der Waals surface area contributed by atoms with Crippen LogP contribution in [-0.2, 0) is 42.8 Å². The number of aliphatic hydroxyl groups is 2. The second-order valence-electron chi connectivity index (χ2n) is 8.66. The Kier molecular flexibility index (Phi) is 18.5. The number of amides is 2. The fraction of sp³-hybridized carbons (Fsp3) is 0.680. The van der Waals surface area contributed by atoms with Gasteiger partial charge in [-0.25, -0.2) is 9.79 Å². The molecule has 2 amide bonds. The van der Waals surface area contributed by atoms with E-state index in [1.54, 1.807) is 0 Å². The van der Waals surface area contributed by atoms with Crippen molar-refractivity contribution in [3.63, 3.8) is 0 Å². The maximum Gasteiger partial charge on any atom is 0.370 e. The molecular formula is C25H41N5O12. The van der Waals surface area contributed by atoms with Gasteiger partial charge >= 0.3 is 5.97 Å². The first-order valence-electron chi connectivity index (χ1n) is 13.0. The van der Waals surface area contributed by atoms with Crippen molar-refractivity contribution >= 4 is 23.7 Å². The second kappa shape index (κ2) is 21.2. The smallest absolute Gasteiger partial charge is 0.370 e. The molecule has 0 unspecified atom stereocenters. The molecule has 0 aromatic rings. The van der Waals surface area contributed by atoms with E-state index in [4.69, 9.17) is 46.3 Å². The molecule has 5 atom stereocenters. The first-order chi connectivity index (χ1) is 20.1.